The molecule has 124 valence electrons. The van der Waals surface area contributed by atoms with Crippen LogP contribution >= 0.6 is 0 Å². The molecular weight excluding hydrogens is 304 g/mol. The molecular formula is C19H20N2O3. The zero-order chi connectivity index (χ0) is 17.3. The second-order valence-electron chi connectivity index (χ2n) is 5.92. The van der Waals surface area contributed by atoms with Crippen LogP contribution in [0.15, 0.2) is 34.9 Å². The van der Waals surface area contributed by atoms with Crippen molar-refractivity contribution >= 4 is 22.6 Å². The topological polar surface area (TPSA) is 75.1 Å². The lowest BCUT2D eigenvalue weighted by atomic mass is 10.0. The van der Waals surface area contributed by atoms with Crippen molar-refractivity contribution in [1.82, 2.24) is 10.3 Å². The number of carbonyl (C=O) groups excluding carboxylic acids is 2. The van der Waals surface area contributed by atoms with E-state index in [0.29, 0.717) is 0 Å². The number of furan rings is 1. The standard InChI is InChI=1S/C19H20N2O3/c1-4-15-12(3)14-9-11(2)8-13(17(14)21-15)10-20-19(23)18(22)16-6-5-7-24-16/h5-9,21H,4,10H2,1-3H3,(H,20,23). The SMILES string of the molecule is CCc1[nH]c2c(CNC(=O)C(=O)c3ccco3)cc(C)cc2c1C. The zero-order valence-corrected chi connectivity index (χ0v) is 14.0. The van der Waals surface area contributed by atoms with Crippen LogP contribution < -0.4 is 5.32 Å². The molecule has 1 amide bonds. The number of Topliss-reactive ketones (excluding diaryl/α,β-unsaturated/α-hetero) is 1. The van der Waals surface area contributed by atoms with E-state index in [4.69, 9.17) is 4.42 Å². The van der Waals surface area contributed by atoms with Gasteiger partial charge in [-0.1, -0.05) is 18.6 Å². The van der Waals surface area contributed by atoms with Crippen LogP contribution in [0.2, 0.25) is 0 Å². The number of aryl methyl sites for hydroxylation is 3. The number of aromatic nitrogens is 1. The predicted octanol–water partition coefficient (Wildman–Crippen LogP) is 3.44. The van der Waals surface area contributed by atoms with E-state index in [2.05, 4.69) is 30.2 Å². The Kier molecular flexibility index (Phi) is 4.25. The maximum Gasteiger partial charge on any atom is 0.296 e. The second-order valence-corrected chi connectivity index (χ2v) is 5.92. The van der Waals surface area contributed by atoms with Gasteiger partial charge in [-0.2, -0.15) is 0 Å². The molecule has 0 aliphatic heterocycles. The highest BCUT2D eigenvalue weighted by molar-refractivity contribution is 6.42. The van der Waals surface area contributed by atoms with E-state index in [1.54, 1.807) is 6.07 Å². The molecule has 0 bridgehead atoms. The Bertz CT molecular complexity index is 904. The molecule has 1 aromatic carbocycles. The maximum atomic E-state index is 12.0. The number of aromatic amines is 1. The number of rotatable bonds is 5. The van der Waals surface area contributed by atoms with Crippen molar-refractivity contribution in [2.45, 2.75) is 33.7 Å². The summed E-state index contributed by atoms with van der Waals surface area (Å²) in [6.45, 7) is 6.51. The number of H-pyrrole nitrogens is 1. The van der Waals surface area contributed by atoms with Crippen LogP contribution in [0.3, 0.4) is 0 Å². The van der Waals surface area contributed by atoms with E-state index in [1.807, 2.05) is 13.0 Å². The molecule has 5 heteroatoms. The molecule has 0 saturated carbocycles. The van der Waals surface area contributed by atoms with E-state index >= 15 is 0 Å². The van der Waals surface area contributed by atoms with Gasteiger partial charge in [-0.3, -0.25) is 9.59 Å². The summed E-state index contributed by atoms with van der Waals surface area (Å²) in [5, 5.41) is 3.85. The van der Waals surface area contributed by atoms with Gasteiger partial charge in [-0.05, 0) is 49.6 Å². The van der Waals surface area contributed by atoms with Crippen LogP contribution in [0.4, 0.5) is 0 Å². The summed E-state index contributed by atoms with van der Waals surface area (Å²) in [6, 6.07) is 7.22. The Morgan fingerprint density at radius 1 is 1.25 bits per heavy atom. The minimum absolute atomic E-state index is 0.0471. The molecule has 0 radical (unpaired) electrons. The fourth-order valence-corrected chi connectivity index (χ4v) is 2.98. The molecule has 2 aromatic heterocycles. The van der Waals surface area contributed by atoms with E-state index in [-0.39, 0.29) is 12.3 Å². The largest absolute Gasteiger partial charge is 0.461 e. The molecule has 5 nitrogen and oxygen atoms in total. The van der Waals surface area contributed by atoms with Gasteiger partial charge in [0.25, 0.3) is 11.7 Å². The first-order valence-electron chi connectivity index (χ1n) is 7.98. The Labute approximate surface area is 140 Å². The third kappa shape index (κ3) is 2.85. The highest BCUT2D eigenvalue weighted by Gasteiger charge is 2.19. The van der Waals surface area contributed by atoms with Crippen LogP contribution in [0.5, 0.6) is 0 Å². The summed E-state index contributed by atoms with van der Waals surface area (Å²) in [4.78, 5) is 27.4. The average molecular weight is 324 g/mol. The van der Waals surface area contributed by atoms with Gasteiger partial charge >= 0.3 is 0 Å². The molecule has 0 aliphatic carbocycles. The van der Waals surface area contributed by atoms with Gasteiger partial charge in [0.2, 0.25) is 0 Å². The van der Waals surface area contributed by atoms with Gasteiger partial charge in [0, 0.05) is 17.6 Å². The van der Waals surface area contributed by atoms with Crippen molar-refractivity contribution in [3.63, 3.8) is 0 Å². The van der Waals surface area contributed by atoms with E-state index in [0.717, 1.165) is 28.5 Å². The van der Waals surface area contributed by atoms with Gasteiger partial charge < -0.3 is 14.7 Å². The molecule has 0 fully saturated rings. The minimum atomic E-state index is -0.668. The first-order chi connectivity index (χ1) is 11.5. The first-order valence-corrected chi connectivity index (χ1v) is 7.98. The van der Waals surface area contributed by atoms with Crippen LogP contribution in [-0.2, 0) is 17.8 Å². The fourth-order valence-electron chi connectivity index (χ4n) is 2.98. The second kappa shape index (κ2) is 6.35. The smallest absolute Gasteiger partial charge is 0.296 e. The number of amides is 1. The van der Waals surface area contributed by atoms with Crippen molar-refractivity contribution in [3.8, 4) is 0 Å². The lowest BCUT2D eigenvalue weighted by Crippen LogP contribution is -2.30. The third-order valence-corrected chi connectivity index (χ3v) is 4.24. The quantitative estimate of drug-likeness (QED) is 0.557. The summed E-state index contributed by atoms with van der Waals surface area (Å²) in [7, 11) is 0. The number of benzene rings is 1. The fraction of sp³-hybridized carbons (Fsp3) is 0.263. The Hall–Kier alpha value is -2.82. The summed E-state index contributed by atoms with van der Waals surface area (Å²) >= 11 is 0. The first kappa shape index (κ1) is 16.1. The van der Waals surface area contributed by atoms with Crippen LogP contribution in [-0.4, -0.2) is 16.7 Å². The number of hydrogen-bond acceptors (Lipinski definition) is 3. The Morgan fingerprint density at radius 2 is 2.04 bits per heavy atom. The molecule has 0 spiro atoms. The summed E-state index contributed by atoms with van der Waals surface area (Å²) in [5.41, 5.74) is 5.52. The van der Waals surface area contributed by atoms with Gasteiger partial charge in [0.05, 0.1) is 11.8 Å². The maximum absolute atomic E-state index is 12.0. The number of carbonyl (C=O) groups is 2. The van der Waals surface area contributed by atoms with Crippen molar-refractivity contribution in [2.75, 3.05) is 0 Å². The lowest BCUT2D eigenvalue weighted by molar-refractivity contribution is -0.117. The van der Waals surface area contributed by atoms with Gasteiger partial charge in [-0.15, -0.1) is 0 Å². The van der Waals surface area contributed by atoms with Crippen molar-refractivity contribution < 1.29 is 14.0 Å². The molecule has 0 aliphatic rings. The monoisotopic (exact) mass is 324 g/mol. The Morgan fingerprint density at radius 3 is 2.71 bits per heavy atom. The summed E-state index contributed by atoms with van der Waals surface area (Å²) in [6.07, 6.45) is 2.29. The van der Waals surface area contributed by atoms with E-state index < -0.39 is 11.7 Å². The van der Waals surface area contributed by atoms with Crippen LogP contribution in [0.1, 0.15) is 39.9 Å². The zero-order valence-electron chi connectivity index (χ0n) is 14.0. The lowest BCUT2D eigenvalue weighted by Gasteiger charge is -2.07. The third-order valence-electron chi connectivity index (χ3n) is 4.24. The van der Waals surface area contributed by atoms with E-state index in [1.165, 1.54) is 23.6 Å². The molecule has 0 unspecified atom stereocenters. The average Bonchev–Trinajstić information content (AvgIpc) is 3.20. The van der Waals surface area contributed by atoms with Crippen molar-refractivity contribution in [2.24, 2.45) is 0 Å². The predicted molar refractivity (Wildman–Crippen MR) is 92.0 cm³/mol. The number of ketones is 1. The molecule has 3 rings (SSSR count). The van der Waals surface area contributed by atoms with Gasteiger partial charge in [0.1, 0.15) is 0 Å². The molecule has 3 aromatic rings. The van der Waals surface area contributed by atoms with E-state index in [9.17, 15) is 9.59 Å². The van der Waals surface area contributed by atoms with Crippen LogP contribution in [0, 0.1) is 13.8 Å². The van der Waals surface area contributed by atoms with Crippen molar-refractivity contribution in [3.05, 3.63) is 58.7 Å². The number of hydrogen-bond donors (Lipinski definition) is 2. The summed E-state index contributed by atoms with van der Waals surface area (Å²) < 4.78 is 4.97. The molecule has 0 atom stereocenters. The molecule has 0 saturated heterocycles. The molecule has 24 heavy (non-hydrogen) atoms. The normalized spacial score (nSPS) is 11.0. The molecule has 2 heterocycles. The van der Waals surface area contributed by atoms with Gasteiger partial charge in [-0.25, -0.2) is 0 Å². The Balaban J connectivity index is 1.85. The number of fused-ring (bicyclic) bond motifs is 1. The molecule has 2 N–H and O–H groups in total. The highest BCUT2D eigenvalue weighted by Crippen LogP contribution is 2.26. The number of nitrogens with one attached hydrogen (secondary N) is 2. The minimum Gasteiger partial charge on any atom is -0.461 e. The summed E-state index contributed by atoms with van der Waals surface area (Å²) in [5.74, 6) is -1.29. The van der Waals surface area contributed by atoms with Gasteiger partial charge in [0.15, 0.2) is 5.76 Å². The highest BCUT2D eigenvalue weighted by atomic mass is 16.3. The van der Waals surface area contributed by atoms with Crippen molar-refractivity contribution in [1.29, 1.82) is 0 Å². The van der Waals surface area contributed by atoms with Crippen LogP contribution in [0.25, 0.3) is 10.9 Å².